The molecule has 0 spiro atoms. The van der Waals surface area contributed by atoms with Crippen molar-refractivity contribution in [2.45, 2.75) is 27.9 Å². The fraction of sp³-hybridized carbons (Fsp3) is 0.562. The zero-order valence-electron chi connectivity index (χ0n) is 13.9. The third kappa shape index (κ3) is 3.51. The molecule has 1 aromatic heterocycles. The minimum absolute atomic E-state index is 0.272. The number of aromatic amines is 1. The Morgan fingerprint density at radius 2 is 2.08 bits per heavy atom. The molecule has 4 rings (SSSR count). The van der Waals surface area contributed by atoms with Crippen LogP contribution in [0.5, 0.6) is 0 Å². The predicted octanol–water partition coefficient (Wildman–Crippen LogP) is 1.43. The summed E-state index contributed by atoms with van der Waals surface area (Å²) < 4.78 is 0. The molecule has 9 heteroatoms. The molecule has 2 saturated heterocycles. The van der Waals surface area contributed by atoms with Crippen molar-refractivity contribution in [1.82, 2.24) is 25.9 Å². The maximum Gasteiger partial charge on any atom is 0.207 e. The maximum absolute atomic E-state index is 9.37. The van der Waals surface area contributed by atoms with Crippen LogP contribution in [0.2, 0.25) is 0 Å². The minimum Gasteiger partial charge on any atom is -0.396 e. The number of aliphatic hydroxyl groups excluding tert-OH is 1. The van der Waals surface area contributed by atoms with Gasteiger partial charge in [0.05, 0.1) is 5.56 Å². The third-order valence-corrected chi connectivity index (χ3v) is 6.82. The number of anilines is 1. The van der Waals surface area contributed by atoms with Crippen LogP contribution < -0.4 is 10.2 Å². The second-order valence-corrected chi connectivity index (χ2v) is 8.34. The number of aliphatic hydroxyl groups is 1. The molecule has 3 N–H and O–H groups in total. The van der Waals surface area contributed by atoms with E-state index >= 15 is 0 Å². The molecule has 25 heavy (non-hydrogen) atoms. The first-order chi connectivity index (χ1) is 12.3. The Balaban J connectivity index is 1.67. The number of benzene rings is 1. The number of nitrogens with zero attached hydrogens (tertiary/aromatic N) is 4. The lowest BCUT2D eigenvalue weighted by atomic mass is 9.97. The summed E-state index contributed by atoms with van der Waals surface area (Å²) in [5.41, 5.74) is 2.04. The minimum atomic E-state index is 0.272. The second kappa shape index (κ2) is 7.53. The first-order valence-electron chi connectivity index (χ1n) is 8.59. The zero-order valence-corrected chi connectivity index (χ0v) is 15.6. The van der Waals surface area contributed by atoms with Crippen LogP contribution in [-0.4, -0.2) is 63.8 Å². The number of nitrogens with one attached hydrogen (secondary N) is 2. The zero-order chi connectivity index (χ0) is 17.2. The van der Waals surface area contributed by atoms with Crippen molar-refractivity contribution in [3.05, 3.63) is 12.1 Å². The molecule has 2 aliphatic heterocycles. The number of aromatic nitrogens is 4. The number of thioether (sulfide) groups is 1. The van der Waals surface area contributed by atoms with Crippen molar-refractivity contribution in [3.63, 3.8) is 0 Å². The van der Waals surface area contributed by atoms with E-state index in [0.29, 0.717) is 17.0 Å². The smallest absolute Gasteiger partial charge is 0.207 e. The van der Waals surface area contributed by atoms with Crippen molar-refractivity contribution >= 4 is 30.1 Å². The van der Waals surface area contributed by atoms with Gasteiger partial charge < -0.3 is 15.3 Å². The fourth-order valence-corrected chi connectivity index (χ4v) is 4.86. The monoisotopic (exact) mass is 378 g/mol. The number of piperidine rings is 1. The van der Waals surface area contributed by atoms with Gasteiger partial charge in [-0.3, -0.25) is 0 Å². The molecule has 0 bridgehead atoms. The molecule has 0 amide bonds. The lowest BCUT2D eigenvalue weighted by Gasteiger charge is -2.34. The number of hydrogen-bond donors (Lipinski definition) is 4. The standard InChI is InChI=1S/C16H22N6OS2/c23-9-10-3-5-22(6-4-10)12-1-2-13(25-11-7-17-8-11)15(24)14(12)16-18-20-21-19-16/h1-2,10-11,17,23-24H,3-9H2,(H,18,19,20,21). The van der Waals surface area contributed by atoms with Crippen molar-refractivity contribution in [1.29, 1.82) is 0 Å². The second-order valence-electron chi connectivity index (χ2n) is 6.55. The fourth-order valence-electron chi connectivity index (χ4n) is 3.29. The van der Waals surface area contributed by atoms with Gasteiger partial charge in [-0.1, -0.05) is 0 Å². The molecule has 134 valence electrons. The first kappa shape index (κ1) is 17.1. The summed E-state index contributed by atoms with van der Waals surface area (Å²) in [5.74, 6) is 0.986. The van der Waals surface area contributed by atoms with Crippen molar-refractivity contribution in [2.24, 2.45) is 5.92 Å². The Morgan fingerprint density at radius 3 is 2.68 bits per heavy atom. The Bertz CT molecular complexity index is 714. The summed E-state index contributed by atoms with van der Waals surface area (Å²) in [5, 5.41) is 28.0. The molecule has 0 aliphatic carbocycles. The lowest BCUT2D eigenvalue weighted by molar-refractivity contribution is 0.203. The van der Waals surface area contributed by atoms with Crippen molar-refractivity contribution in [3.8, 4) is 11.4 Å². The highest BCUT2D eigenvalue weighted by Crippen LogP contribution is 2.42. The molecule has 0 atom stereocenters. The van der Waals surface area contributed by atoms with E-state index in [9.17, 15) is 5.11 Å². The summed E-state index contributed by atoms with van der Waals surface area (Å²) in [6, 6.07) is 4.31. The van der Waals surface area contributed by atoms with Gasteiger partial charge in [-0.15, -0.1) is 34.6 Å². The quantitative estimate of drug-likeness (QED) is 0.585. The van der Waals surface area contributed by atoms with Gasteiger partial charge >= 0.3 is 0 Å². The Kier molecular flexibility index (Phi) is 5.16. The normalized spacial score (nSPS) is 19.2. The Morgan fingerprint density at radius 1 is 1.28 bits per heavy atom. The van der Waals surface area contributed by atoms with Crippen LogP contribution in [0, 0.1) is 5.92 Å². The Labute approximate surface area is 156 Å². The number of hydrogen-bond acceptors (Lipinski definition) is 8. The van der Waals surface area contributed by atoms with Crippen LogP contribution in [0.1, 0.15) is 12.8 Å². The molecule has 2 aliphatic rings. The van der Waals surface area contributed by atoms with Crippen LogP contribution in [0.3, 0.4) is 0 Å². The molecule has 0 unspecified atom stereocenters. The van der Waals surface area contributed by atoms with Crippen LogP contribution in [0.25, 0.3) is 11.4 Å². The van der Waals surface area contributed by atoms with Crippen LogP contribution in [0.4, 0.5) is 5.69 Å². The van der Waals surface area contributed by atoms with Crippen LogP contribution >= 0.6 is 24.4 Å². The van der Waals surface area contributed by atoms with Gasteiger partial charge in [0.15, 0.2) is 0 Å². The molecule has 2 fully saturated rings. The Hall–Kier alpha value is -1.29. The van der Waals surface area contributed by atoms with E-state index in [2.05, 4.69) is 43.0 Å². The highest BCUT2D eigenvalue weighted by atomic mass is 32.2. The molecule has 0 saturated carbocycles. The molecule has 7 nitrogen and oxygen atoms in total. The first-order valence-corrected chi connectivity index (χ1v) is 9.92. The van der Waals surface area contributed by atoms with E-state index in [1.807, 2.05) is 11.8 Å². The topological polar surface area (TPSA) is 90.0 Å². The summed E-state index contributed by atoms with van der Waals surface area (Å²) in [4.78, 5) is 4.42. The van der Waals surface area contributed by atoms with E-state index in [-0.39, 0.29) is 6.61 Å². The molecular formula is C16H22N6OS2. The summed E-state index contributed by atoms with van der Waals surface area (Å²) >= 11 is 6.68. The molecule has 2 aromatic rings. The maximum atomic E-state index is 9.37. The van der Waals surface area contributed by atoms with Gasteiger partial charge in [-0.05, 0) is 36.1 Å². The van der Waals surface area contributed by atoms with Gasteiger partial charge in [-0.2, -0.15) is 5.21 Å². The highest BCUT2D eigenvalue weighted by Gasteiger charge is 2.26. The number of H-pyrrole nitrogens is 1. The molecule has 0 radical (unpaired) electrons. The summed E-state index contributed by atoms with van der Waals surface area (Å²) in [7, 11) is 0. The van der Waals surface area contributed by atoms with E-state index in [4.69, 9.17) is 12.6 Å². The van der Waals surface area contributed by atoms with Gasteiger partial charge in [0, 0.05) is 53.5 Å². The van der Waals surface area contributed by atoms with Gasteiger partial charge in [0.2, 0.25) is 5.82 Å². The van der Waals surface area contributed by atoms with E-state index < -0.39 is 0 Å². The number of thiol groups is 1. The van der Waals surface area contributed by atoms with Gasteiger partial charge in [0.1, 0.15) is 0 Å². The average Bonchev–Trinajstić information content (AvgIpc) is 3.13. The third-order valence-electron chi connectivity index (χ3n) is 4.94. The van der Waals surface area contributed by atoms with Crippen LogP contribution in [-0.2, 0) is 0 Å². The van der Waals surface area contributed by atoms with Crippen LogP contribution in [0.15, 0.2) is 21.9 Å². The van der Waals surface area contributed by atoms with E-state index in [1.54, 1.807) is 0 Å². The van der Waals surface area contributed by atoms with Gasteiger partial charge in [-0.25, -0.2) is 0 Å². The molecule has 3 heterocycles. The van der Waals surface area contributed by atoms with Crippen molar-refractivity contribution in [2.75, 3.05) is 37.7 Å². The highest BCUT2D eigenvalue weighted by molar-refractivity contribution is 8.00. The molecular weight excluding hydrogens is 356 g/mol. The number of rotatable bonds is 5. The lowest BCUT2D eigenvalue weighted by Crippen LogP contribution is -2.44. The predicted molar refractivity (Wildman–Crippen MR) is 101 cm³/mol. The largest absolute Gasteiger partial charge is 0.396 e. The SMILES string of the molecule is OCC1CCN(c2ccc(SC3CNC3)c(S)c2-c2nn[nH]n2)CC1. The average molecular weight is 379 g/mol. The molecule has 1 aromatic carbocycles. The summed E-state index contributed by atoms with van der Waals surface area (Å²) in [6.45, 7) is 4.18. The number of tetrazole rings is 1. The van der Waals surface area contributed by atoms with E-state index in [1.165, 1.54) is 0 Å². The van der Waals surface area contributed by atoms with Crippen molar-refractivity contribution < 1.29 is 5.11 Å². The summed E-state index contributed by atoms with van der Waals surface area (Å²) in [6.07, 6.45) is 1.99. The van der Waals surface area contributed by atoms with Gasteiger partial charge in [0.25, 0.3) is 0 Å². The van der Waals surface area contributed by atoms with E-state index in [0.717, 1.165) is 60.1 Å².